The Kier molecular flexibility index (Phi) is 9.90. The maximum absolute atomic E-state index is 2.42. The average molecular weight is 807 g/mol. The predicted octanol–water partition coefficient (Wildman–Crippen LogP) is 18.2. The molecule has 0 fully saturated rings. The summed E-state index contributed by atoms with van der Waals surface area (Å²) in [4.78, 5) is 0. The van der Waals surface area contributed by atoms with Gasteiger partial charge in [0, 0.05) is 0 Å². The van der Waals surface area contributed by atoms with Gasteiger partial charge in [0.05, 0.1) is 0 Å². The van der Waals surface area contributed by atoms with Gasteiger partial charge < -0.3 is 0 Å². The summed E-state index contributed by atoms with van der Waals surface area (Å²) in [6.07, 6.45) is 0. The summed E-state index contributed by atoms with van der Waals surface area (Å²) < 4.78 is 0. The normalized spacial score (nSPS) is 12.8. The van der Waals surface area contributed by atoms with Crippen LogP contribution in [0.3, 0.4) is 0 Å². The quantitative estimate of drug-likeness (QED) is 0.155. The lowest BCUT2D eigenvalue weighted by atomic mass is 9.83. The van der Waals surface area contributed by atoms with E-state index in [1.54, 1.807) is 0 Å². The number of benzene rings is 9. The molecule has 0 saturated heterocycles. The molecule has 0 heterocycles. The van der Waals surface area contributed by atoms with Crippen molar-refractivity contribution in [1.29, 1.82) is 0 Å². The minimum Gasteiger partial charge on any atom is -0.0579 e. The van der Waals surface area contributed by atoms with Gasteiger partial charge in [0.15, 0.2) is 0 Å². The second-order valence-corrected chi connectivity index (χ2v) is 22.1. The molecule has 0 atom stereocenters. The van der Waals surface area contributed by atoms with Crippen molar-refractivity contribution in [3.05, 3.63) is 180 Å². The van der Waals surface area contributed by atoms with E-state index in [1.807, 2.05) is 0 Å². The van der Waals surface area contributed by atoms with Gasteiger partial charge in [-0.05, 0) is 192 Å². The fourth-order valence-corrected chi connectivity index (χ4v) is 9.16. The number of hydrogen-bond acceptors (Lipinski definition) is 0. The fourth-order valence-electron chi connectivity index (χ4n) is 9.16. The van der Waals surface area contributed by atoms with E-state index in [9.17, 15) is 0 Å². The minimum atomic E-state index is 0.0977. The van der Waals surface area contributed by atoms with E-state index in [4.69, 9.17) is 0 Å². The van der Waals surface area contributed by atoms with Crippen molar-refractivity contribution < 1.29 is 0 Å². The molecule has 0 N–H and O–H groups in total. The molecular weight excluding hydrogens is 745 g/mol. The van der Waals surface area contributed by atoms with E-state index in [-0.39, 0.29) is 21.7 Å². The molecule has 0 spiro atoms. The van der Waals surface area contributed by atoms with Crippen LogP contribution in [-0.2, 0) is 21.7 Å². The van der Waals surface area contributed by atoms with Crippen molar-refractivity contribution in [3.63, 3.8) is 0 Å². The second-order valence-electron chi connectivity index (χ2n) is 22.1. The number of hydrogen-bond donors (Lipinski definition) is 0. The molecule has 0 heteroatoms. The highest BCUT2D eigenvalue weighted by molar-refractivity contribution is 6.11. The van der Waals surface area contributed by atoms with Crippen molar-refractivity contribution in [1.82, 2.24) is 0 Å². The van der Waals surface area contributed by atoms with Crippen LogP contribution in [0.4, 0.5) is 0 Å². The standard InChI is InChI=1S/C62H62/c1-59(2,3)51-21-13-39(14-22-51)55-35-47-31-43-29-45-33-49-37-57(41-17-25-53(26-18-41)61(7,8)9)58(42-19-27-54(28-20-42)62(10,11)12)38-50(49)34-46(45)30-44(43)32-48(47)36-56(55)40-15-23-52(24-16-40)60(4,5)6/h13-38H,1-12H3. The molecule has 0 nitrogen and oxygen atoms in total. The summed E-state index contributed by atoms with van der Waals surface area (Å²) in [5, 5.41) is 10.1. The molecule has 0 aromatic heterocycles. The molecule has 9 aromatic carbocycles. The van der Waals surface area contributed by atoms with Gasteiger partial charge >= 0.3 is 0 Å². The third-order valence-electron chi connectivity index (χ3n) is 13.2. The highest BCUT2D eigenvalue weighted by Crippen LogP contribution is 2.42. The first-order valence-electron chi connectivity index (χ1n) is 22.6. The van der Waals surface area contributed by atoms with Crippen molar-refractivity contribution in [2.45, 2.75) is 105 Å². The average Bonchev–Trinajstić information content (AvgIpc) is 3.22. The zero-order valence-corrected chi connectivity index (χ0v) is 39.0. The van der Waals surface area contributed by atoms with Gasteiger partial charge in [-0.2, -0.15) is 0 Å². The Balaban J connectivity index is 1.21. The van der Waals surface area contributed by atoms with Crippen molar-refractivity contribution in [3.8, 4) is 44.5 Å². The summed E-state index contributed by atoms with van der Waals surface area (Å²) in [6, 6.07) is 61.1. The molecule has 0 unspecified atom stereocenters. The molecule has 0 aliphatic rings. The maximum atomic E-state index is 2.42. The van der Waals surface area contributed by atoms with Crippen LogP contribution in [0.5, 0.6) is 0 Å². The predicted molar refractivity (Wildman–Crippen MR) is 273 cm³/mol. The molecule has 0 saturated carbocycles. The van der Waals surface area contributed by atoms with Crippen LogP contribution in [0.2, 0.25) is 0 Å². The monoisotopic (exact) mass is 806 g/mol. The Hall–Kier alpha value is -5.98. The van der Waals surface area contributed by atoms with Gasteiger partial charge in [0.1, 0.15) is 0 Å². The largest absolute Gasteiger partial charge is 0.0579 e. The van der Waals surface area contributed by atoms with Crippen LogP contribution in [0.15, 0.2) is 158 Å². The molecule has 9 rings (SSSR count). The van der Waals surface area contributed by atoms with E-state index in [2.05, 4.69) is 241 Å². The first kappa shape index (κ1) is 41.4. The molecule has 0 aliphatic carbocycles. The first-order chi connectivity index (χ1) is 29.2. The zero-order valence-electron chi connectivity index (χ0n) is 39.0. The lowest BCUT2D eigenvalue weighted by molar-refractivity contribution is 0.590. The van der Waals surface area contributed by atoms with Gasteiger partial charge in [-0.15, -0.1) is 0 Å². The number of rotatable bonds is 4. The summed E-state index contributed by atoms with van der Waals surface area (Å²) in [7, 11) is 0. The maximum Gasteiger partial charge on any atom is -0.00990 e. The summed E-state index contributed by atoms with van der Waals surface area (Å²) in [5.74, 6) is 0. The lowest BCUT2D eigenvalue weighted by Gasteiger charge is -2.21. The van der Waals surface area contributed by atoms with Crippen molar-refractivity contribution in [2.75, 3.05) is 0 Å². The van der Waals surface area contributed by atoms with Gasteiger partial charge in [-0.25, -0.2) is 0 Å². The van der Waals surface area contributed by atoms with E-state index in [0.29, 0.717) is 0 Å². The molecule has 0 bridgehead atoms. The van der Waals surface area contributed by atoms with E-state index < -0.39 is 0 Å². The molecule has 9 aromatic rings. The SMILES string of the molecule is CC(C)(C)c1ccc(-c2cc3cc4cc5cc6cc(-c7ccc(C(C)(C)C)cc7)c(-c7ccc(C(C)(C)C)cc7)cc6cc5cc4cc3cc2-c2ccc(C(C)(C)C)cc2)cc1. The smallest absolute Gasteiger partial charge is 0.00990 e. The molecule has 0 radical (unpaired) electrons. The summed E-state index contributed by atoms with van der Waals surface area (Å²) in [5.41, 5.74) is 15.8. The van der Waals surface area contributed by atoms with Crippen LogP contribution in [0.1, 0.15) is 105 Å². The third-order valence-corrected chi connectivity index (χ3v) is 13.2. The first-order valence-corrected chi connectivity index (χ1v) is 22.6. The Morgan fingerprint density at radius 2 is 0.339 bits per heavy atom. The lowest BCUT2D eigenvalue weighted by Crippen LogP contribution is -2.10. The molecular formula is C62H62. The molecule has 0 amide bonds. The second kappa shape index (κ2) is 14.8. The van der Waals surface area contributed by atoms with Crippen molar-refractivity contribution >= 4 is 43.1 Å². The zero-order chi connectivity index (χ0) is 43.9. The van der Waals surface area contributed by atoms with Crippen LogP contribution in [0.25, 0.3) is 87.6 Å². The highest BCUT2D eigenvalue weighted by atomic mass is 14.2. The molecule has 0 aliphatic heterocycles. The summed E-state index contributed by atoms with van der Waals surface area (Å²) in [6.45, 7) is 27.4. The third kappa shape index (κ3) is 7.97. The number of fused-ring (bicyclic) bond motifs is 4. The van der Waals surface area contributed by atoms with Crippen LogP contribution in [-0.4, -0.2) is 0 Å². The Morgan fingerprint density at radius 1 is 0.194 bits per heavy atom. The van der Waals surface area contributed by atoms with E-state index in [0.717, 1.165) is 0 Å². The van der Waals surface area contributed by atoms with Crippen LogP contribution < -0.4 is 0 Å². The van der Waals surface area contributed by atoms with Crippen molar-refractivity contribution in [2.24, 2.45) is 0 Å². The Labute approximate surface area is 370 Å². The Bertz CT molecular complexity index is 2700. The minimum absolute atomic E-state index is 0.0977. The van der Waals surface area contributed by atoms with Crippen LogP contribution >= 0.6 is 0 Å². The topological polar surface area (TPSA) is 0 Å². The van der Waals surface area contributed by atoms with Gasteiger partial charge in [0.2, 0.25) is 0 Å². The van der Waals surface area contributed by atoms with E-state index >= 15 is 0 Å². The molecule has 310 valence electrons. The van der Waals surface area contributed by atoms with Gasteiger partial charge in [-0.1, -0.05) is 180 Å². The summed E-state index contributed by atoms with van der Waals surface area (Å²) >= 11 is 0. The highest BCUT2D eigenvalue weighted by Gasteiger charge is 2.20. The molecule has 62 heavy (non-hydrogen) atoms. The Morgan fingerprint density at radius 3 is 0.484 bits per heavy atom. The van der Waals surface area contributed by atoms with Crippen LogP contribution in [0, 0.1) is 0 Å². The van der Waals surface area contributed by atoms with Gasteiger partial charge in [-0.3, -0.25) is 0 Å². The van der Waals surface area contributed by atoms with E-state index in [1.165, 1.54) is 110 Å². The fraction of sp³-hybridized carbons (Fsp3) is 0.258. The van der Waals surface area contributed by atoms with Gasteiger partial charge in [0.25, 0.3) is 0 Å².